The van der Waals surface area contributed by atoms with Gasteiger partial charge in [-0.15, -0.1) is 0 Å². The number of fused-ring (bicyclic) bond motifs is 2. The van der Waals surface area contributed by atoms with Crippen molar-refractivity contribution in [3.05, 3.63) is 109 Å². The van der Waals surface area contributed by atoms with Crippen molar-refractivity contribution in [2.45, 2.75) is 38.9 Å². The Balaban J connectivity index is 1.40. The topological polar surface area (TPSA) is 115 Å². The number of aromatic nitrogens is 2. The third-order valence-corrected chi connectivity index (χ3v) is 8.64. The molecule has 2 aliphatic heterocycles. The Hall–Kier alpha value is -4.54. The lowest BCUT2D eigenvalue weighted by Gasteiger charge is -2.35. The highest BCUT2D eigenvalue weighted by Gasteiger charge is 2.32. The van der Waals surface area contributed by atoms with E-state index in [1.807, 2.05) is 32.0 Å². The molecule has 0 fully saturated rings. The van der Waals surface area contributed by atoms with Crippen LogP contribution in [0.4, 0.5) is 5.95 Å². The maximum atomic E-state index is 14.2. The molecule has 2 aliphatic rings. The minimum atomic E-state index is -0.290. The van der Waals surface area contributed by atoms with Crippen molar-refractivity contribution in [3.8, 4) is 17.2 Å². The number of carbonyl (C=O) groups is 2. The Morgan fingerprint density at radius 2 is 1.70 bits per heavy atom. The number of halogens is 2. The van der Waals surface area contributed by atoms with Crippen LogP contribution in [0.25, 0.3) is 5.69 Å². The summed E-state index contributed by atoms with van der Waals surface area (Å²) in [6, 6.07) is 16.6. The van der Waals surface area contributed by atoms with Crippen LogP contribution in [0.1, 0.15) is 57.4 Å². The molecule has 1 aromatic heterocycles. The van der Waals surface area contributed by atoms with Crippen molar-refractivity contribution in [2.75, 3.05) is 19.2 Å². The van der Waals surface area contributed by atoms with Gasteiger partial charge in [0.1, 0.15) is 0 Å². The number of nitrogens with one attached hydrogen (secondary N) is 2. The summed E-state index contributed by atoms with van der Waals surface area (Å²) in [7, 11) is 1.56. The van der Waals surface area contributed by atoms with E-state index in [4.69, 9.17) is 37.7 Å². The van der Waals surface area contributed by atoms with Gasteiger partial charge in [-0.25, -0.2) is 9.55 Å². The minimum Gasteiger partial charge on any atom is -0.454 e. The maximum Gasteiger partial charge on any atom is 0.263 e. The van der Waals surface area contributed by atoms with Crippen LogP contribution in [0.5, 0.6) is 11.5 Å². The average molecular weight is 635 g/mol. The number of anilines is 1. The lowest BCUT2D eigenvalue weighted by atomic mass is 9.98. The molecule has 226 valence electrons. The predicted octanol–water partition coefficient (Wildman–Crippen LogP) is 5.39. The summed E-state index contributed by atoms with van der Waals surface area (Å²) in [6.45, 7) is 4.14. The van der Waals surface area contributed by atoms with E-state index in [0.717, 1.165) is 5.56 Å². The van der Waals surface area contributed by atoms with Crippen LogP contribution in [0.15, 0.2) is 65.5 Å². The molecule has 10 nitrogen and oxygen atoms in total. The van der Waals surface area contributed by atoms with Crippen LogP contribution < -0.4 is 25.7 Å². The van der Waals surface area contributed by atoms with E-state index in [9.17, 15) is 14.4 Å². The molecule has 2 amide bonds. The zero-order valence-corrected chi connectivity index (χ0v) is 25.7. The number of nitrogens with zero attached hydrogens (tertiary/aromatic N) is 3. The molecule has 0 saturated heterocycles. The molecule has 4 aromatic rings. The second-order valence-electron chi connectivity index (χ2n) is 10.7. The molecule has 0 aliphatic carbocycles. The van der Waals surface area contributed by atoms with E-state index in [2.05, 4.69) is 10.6 Å². The molecule has 0 radical (unpaired) electrons. The normalized spacial score (nSPS) is 15.8. The van der Waals surface area contributed by atoms with Gasteiger partial charge in [0.2, 0.25) is 12.7 Å². The minimum absolute atomic E-state index is 0.133. The van der Waals surface area contributed by atoms with Crippen molar-refractivity contribution in [1.82, 2.24) is 19.8 Å². The molecular weight excluding hydrogens is 605 g/mol. The molecule has 0 unspecified atom stereocenters. The fourth-order valence-corrected chi connectivity index (χ4v) is 5.73. The molecule has 3 heterocycles. The van der Waals surface area contributed by atoms with Crippen LogP contribution in [-0.4, -0.2) is 46.1 Å². The number of hydrogen-bond donors (Lipinski definition) is 2. The first kappa shape index (κ1) is 29.5. The summed E-state index contributed by atoms with van der Waals surface area (Å²) in [6.07, 6.45) is 0.308. The van der Waals surface area contributed by atoms with Crippen LogP contribution in [0.3, 0.4) is 0 Å². The second-order valence-corrected chi connectivity index (χ2v) is 11.5. The van der Waals surface area contributed by atoms with Crippen LogP contribution >= 0.6 is 23.2 Å². The summed E-state index contributed by atoms with van der Waals surface area (Å²) < 4.78 is 12.5. The lowest BCUT2D eigenvalue weighted by Crippen LogP contribution is -2.46. The zero-order valence-electron chi connectivity index (χ0n) is 24.2. The fourth-order valence-electron chi connectivity index (χ4n) is 5.43. The largest absolute Gasteiger partial charge is 0.454 e. The first-order valence-corrected chi connectivity index (χ1v) is 14.8. The van der Waals surface area contributed by atoms with E-state index < -0.39 is 0 Å². The summed E-state index contributed by atoms with van der Waals surface area (Å²) in [5.41, 5.74) is 3.06. The van der Waals surface area contributed by atoms with E-state index in [1.54, 1.807) is 54.4 Å². The van der Waals surface area contributed by atoms with Crippen molar-refractivity contribution in [2.24, 2.45) is 0 Å². The molecule has 0 saturated carbocycles. The number of rotatable bonds is 6. The van der Waals surface area contributed by atoms with E-state index in [-0.39, 0.29) is 47.8 Å². The summed E-state index contributed by atoms with van der Waals surface area (Å²) in [5, 5.41) is 6.65. The highest BCUT2D eigenvalue weighted by molar-refractivity contribution is 6.42. The number of carbonyl (C=O) groups excluding carboxylic acids is 2. The summed E-state index contributed by atoms with van der Waals surface area (Å²) >= 11 is 12.3. The second kappa shape index (κ2) is 11.9. The molecule has 3 aromatic carbocycles. The Morgan fingerprint density at radius 3 is 2.43 bits per heavy atom. The fraction of sp³-hybridized carbons (Fsp3) is 0.250. The van der Waals surface area contributed by atoms with Gasteiger partial charge in [-0.3, -0.25) is 14.4 Å². The van der Waals surface area contributed by atoms with E-state index in [0.29, 0.717) is 57.0 Å². The molecular formula is C32H29Cl2N5O5. The highest BCUT2D eigenvalue weighted by Crippen LogP contribution is 2.35. The highest BCUT2D eigenvalue weighted by atomic mass is 35.5. The smallest absolute Gasteiger partial charge is 0.263 e. The number of amides is 2. The van der Waals surface area contributed by atoms with E-state index in [1.165, 1.54) is 4.57 Å². The quantitative estimate of drug-likeness (QED) is 0.293. The number of hydrogen-bond acceptors (Lipinski definition) is 7. The Morgan fingerprint density at radius 1 is 0.977 bits per heavy atom. The molecule has 44 heavy (non-hydrogen) atoms. The van der Waals surface area contributed by atoms with Crippen LogP contribution in [-0.2, 0) is 13.0 Å². The average Bonchev–Trinajstić information content (AvgIpc) is 3.50. The Kier molecular flexibility index (Phi) is 7.96. The zero-order chi connectivity index (χ0) is 31.1. The Bertz CT molecular complexity index is 1840. The van der Waals surface area contributed by atoms with Gasteiger partial charge in [0, 0.05) is 29.8 Å². The van der Waals surface area contributed by atoms with Gasteiger partial charge in [0.25, 0.3) is 17.4 Å². The molecule has 0 bridgehead atoms. The molecule has 6 rings (SSSR count). The van der Waals surface area contributed by atoms with Crippen molar-refractivity contribution in [1.29, 1.82) is 0 Å². The van der Waals surface area contributed by atoms with Gasteiger partial charge >= 0.3 is 0 Å². The van der Waals surface area contributed by atoms with Crippen molar-refractivity contribution < 1.29 is 19.1 Å². The van der Waals surface area contributed by atoms with Gasteiger partial charge in [0.15, 0.2) is 11.5 Å². The Labute approximate surface area is 263 Å². The number of ether oxygens (including phenoxy) is 2. The van der Waals surface area contributed by atoms with Gasteiger partial charge in [0.05, 0.1) is 34.0 Å². The predicted molar refractivity (Wildman–Crippen MR) is 167 cm³/mol. The van der Waals surface area contributed by atoms with Crippen LogP contribution in [0, 0.1) is 0 Å². The summed E-state index contributed by atoms with van der Waals surface area (Å²) in [4.78, 5) is 46.5. The van der Waals surface area contributed by atoms with Gasteiger partial charge < -0.3 is 25.0 Å². The maximum absolute atomic E-state index is 14.2. The summed E-state index contributed by atoms with van der Waals surface area (Å²) in [5.74, 6) is 1.13. The molecule has 2 N–H and O–H groups in total. The third-order valence-electron chi connectivity index (χ3n) is 7.90. The molecule has 12 heteroatoms. The standard InChI is InChI=1S/C32H29Cl2N5O5/c1-17-12-23-26(15-38(17)30(41)21-6-10-24(33)25(34)13-21)37-32(36-18(2)20-7-11-27-28(14-20)44-16-43-27)39(31(23)42)22-8-4-19(5-9-22)29(40)35-3/h4-11,13-14,17-18H,12,15-16H2,1-3H3,(H,35,40)(H,36,37)/t17-,18+/m1/s1. The molecule has 0 spiro atoms. The first-order valence-electron chi connectivity index (χ1n) is 14.0. The van der Waals surface area contributed by atoms with Crippen molar-refractivity contribution in [3.63, 3.8) is 0 Å². The first-order chi connectivity index (χ1) is 21.1. The monoisotopic (exact) mass is 633 g/mol. The van der Waals surface area contributed by atoms with Crippen molar-refractivity contribution >= 4 is 41.0 Å². The lowest BCUT2D eigenvalue weighted by molar-refractivity contribution is 0.0653. The van der Waals surface area contributed by atoms with Crippen LogP contribution in [0.2, 0.25) is 10.0 Å². The number of benzene rings is 3. The van der Waals surface area contributed by atoms with E-state index >= 15 is 0 Å². The van der Waals surface area contributed by atoms with Gasteiger partial charge in [-0.2, -0.15) is 0 Å². The third kappa shape index (κ3) is 5.46. The van der Waals surface area contributed by atoms with Gasteiger partial charge in [-0.05, 0) is 80.4 Å². The molecule has 2 atom stereocenters. The SMILES string of the molecule is CNC(=O)c1ccc(-n2c(N[C@@H](C)c3ccc4c(c3)OCO4)nc3c(c2=O)C[C@@H](C)N(C(=O)c2ccc(Cl)c(Cl)c2)C3)cc1. The van der Waals surface area contributed by atoms with Gasteiger partial charge in [-0.1, -0.05) is 29.3 Å².